The summed E-state index contributed by atoms with van der Waals surface area (Å²) in [6.45, 7) is 7.80. The van der Waals surface area contributed by atoms with Crippen molar-refractivity contribution in [3.63, 3.8) is 0 Å². The number of rotatable bonds is 7. The van der Waals surface area contributed by atoms with E-state index in [0.717, 1.165) is 57.1 Å². The molecule has 1 atom stereocenters. The summed E-state index contributed by atoms with van der Waals surface area (Å²) in [5.41, 5.74) is 1.15. The summed E-state index contributed by atoms with van der Waals surface area (Å²) in [5, 5.41) is 3.49. The van der Waals surface area contributed by atoms with Crippen LogP contribution in [0.3, 0.4) is 0 Å². The van der Waals surface area contributed by atoms with Crippen LogP contribution in [0.4, 0.5) is 0 Å². The van der Waals surface area contributed by atoms with E-state index in [-0.39, 0.29) is 6.04 Å². The van der Waals surface area contributed by atoms with Crippen LogP contribution >= 0.6 is 0 Å². The topological polar surface area (TPSA) is 43.4 Å². The van der Waals surface area contributed by atoms with Crippen molar-refractivity contribution in [1.29, 1.82) is 0 Å². The molecule has 2 rings (SSSR count). The van der Waals surface area contributed by atoms with Crippen molar-refractivity contribution >= 4 is 0 Å². The van der Waals surface area contributed by atoms with Gasteiger partial charge in [0.05, 0.1) is 6.61 Å². The molecular weight excluding hydrogens is 252 g/mol. The lowest BCUT2D eigenvalue weighted by Crippen LogP contribution is -2.23. The maximum atomic E-state index is 5.97. The third kappa shape index (κ3) is 4.46. The molecule has 1 N–H and O–H groups in total. The second kappa shape index (κ2) is 8.22. The van der Waals surface area contributed by atoms with Crippen LogP contribution < -0.4 is 10.1 Å². The van der Waals surface area contributed by atoms with Crippen LogP contribution in [0.15, 0.2) is 18.3 Å². The highest BCUT2D eigenvalue weighted by Gasteiger charge is 2.17. The summed E-state index contributed by atoms with van der Waals surface area (Å²) in [6, 6.07) is 4.34. The van der Waals surface area contributed by atoms with Crippen LogP contribution in [0.2, 0.25) is 0 Å². The molecule has 1 unspecified atom stereocenters. The Balaban J connectivity index is 1.92. The predicted octanol–water partition coefficient (Wildman–Crippen LogP) is 2.95. The fraction of sp³-hybridized carbons (Fsp3) is 0.688. The molecule has 0 aromatic carbocycles. The van der Waals surface area contributed by atoms with Crippen LogP contribution in [-0.4, -0.2) is 31.3 Å². The number of hydrogen-bond acceptors (Lipinski definition) is 4. The zero-order valence-corrected chi connectivity index (χ0v) is 12.6. The Hall–Kier alpha value is -1.13. The molecule has 2 heterocycles. The minimum Gasteiger partial charge on any atom is -0.477 e. The zero-order valence-electron chi connectivity index (χ0n) is 12.6. The average Bonchev–Trinajstić information content (AvgIpc) is 2.52. The molecule has 4 nitrogen and oxygen atoms in total. The lowest BCUT2D eigenvalue weighted by molar-refractivity contribution is 0.0488. The standard InChI is InChI=1S/C16H26N2O2/c1-3-8-17-13(2)15-5-4-9-18-16(15)20-12-14-6-10-19-11-7-14/h4-5,9,13-14,17H,3,6-8,10-12H2,1-2H3. The summed E-state index contributed by atoms with van der Waals surface area (Å²) in [7, 11) is 0. The Bertz CT molecular complexity index is 392. The third-order valence-electron chi connectivity index (χ3n) is 3.76. The van der Waals surface area contributed by atoms with Gasteiger partial charge in [0.25, 0.3) is 0 Å². The molecule has 0 bridgehead atoms. The molecule has 1 aliphatic heterocycles. The van der Waals surface area contributed by atoms with Crippen molar-refractivity contribution in [2.75, 3.05) is 26.4 Å². The highest BCUT2D eigenvalue weighted by Crippen LogP contribution is 2.24. The van der Waals surface area contributed by atoms with Gasteiger partial charge in [-0.05, 0) is 44.7 Å². The van der Waals surface area contributed by atoms with Gasteiger partial charge in [-0.15, -0.1) is 0 Å². The normalized spacial score (nSPS) is 17.9. The van der Waals surface area contributed by atoms with E-state index in [4.69, 9.17) is 9.47 Å². The van der Waals surface area contributed by atoms with Gasteiger partial charge in [0.1, 0.15) is 0 Å². The SMILES string of the molecule is CCCNC(C)c1cccnc1OCC1CCOCC1. The smallest absolute Gasteiger partial charge is 0.218 e. The van der Waals surface area contributed by atoms with Crippen LogP contribution in [-0.2, 0) is 4.74 Å². The van der Waals surface area contributed by atoms with E-state index in [9.17, 15) is 0 Å². The molecule has 0 aliphatic carbocycles. The van der Waals surface area contributed by atoms with Crippen LogP contribution in [0.25, 0.3) is 0 Å². The summed E-state index contributed by atoms with van der Waals surface area (Å²) in [4.78, 5) is 4.40. The molecule has 1 saturated heterocycles. The summed E-state index contributed by atoms with van der Waals surface area (Å²) in [6.07, 6.45) is 5.11. The Morgan fingerprint density at radius 1 is 1.45 bits per heavy atom. The first-order chi connectivity index (χ1) is 9.81. The lowest BCUT2D eigenvalue weighted by atomic mass is 10.0. The van der Waals surface area contributed by atoms with Gasteiger partial charge >= 0.3 is 0 Å². The number of aromatic nitrogens is 1. The number of pyridine rings is 1. The highest BCUT2D eigenvalue weighted by molar-refractivity contribution is 5.28. The van der Waals surface area contributed by atoms with Gasteiger partial charge in [-0.25, -0.2) is 4.98 Å². The van der Waals surface area contributed by atoms with Gasteiger partial charge in [0, 0.05) is 31.0 Å². The third-order valence-corrected chi connectivity index (χ3v) is 3.76. The minimum absolute atomic E-state index is 0.272. The number of nitrogens with one attached hydrogen (secondary N) is 1. The van der Waals surface area contributed by atoms with E-state index in [1.807, 2.05) is 6.07 Å². The summed E-state index contributed by atoms with van der Waals surface area (Å²) < 4.78 is 11.3. The molecular formula is C16H26N2O2. The highest BCUT2D eigenvalue weighted by atomic mass is 16.5. The Morgan fingerprint density at radius 3 is 3.00 bits per heavy atom. The van der Waals surface area contributed by atoms with Crippen molar-refractivity contribution in [3.8, 4) is 5.88 Å². The predicted molar refractivity (Wildman–Crippen MR) is 80.0 cm³/mol. The second-order valence-electron chi connectivity index (χ2n) is 5.44. The van der Waals surface area contributed by atoms with E-state index < -0.39 is 0 Å². The van der Waals surface area contributed by atoms with Crippen LogP contribution in [0, 0.1) is 5.92 Å². The molecule has 20 heavy (non-hydrogen) atoms. The van der Waals surface area contributed by atoms with Crippen molar-refractivity contribution < 1.29 is 9.47 Å². The van der Waals surface area contributed by atoms with E-state index in [2.05, 4.69) is 30.2 Å². The molecule has 1 aliphatic rings. The Labute approximate surface area is 121 Å². The largest absolute Gasteiger partial charge is 0.477 e. The first-order valence-electron chi connectivity index (χ1n) is 7.70. The zero-order chi connectivity index (χ0) is 14.2. The first-order valence-corrected chi connectivity index (χ1v) is 7.70. The number of hydrogen-bond donors (Lipinski definition) is 1. The molecule has 0 amide bonds. The summed E-state index contributed by atoms with van der Waals surface area (Å²) in [5.74, 6) is 1.37. The summed E-state index contributed by atoms with van der Waals surface area (Å²) >= 11 is 0. The maximum Gasteiger partial charge on any atom is 0.218 e. The van der Waals surface area contributed by atoms with Gasteiger partial charge < -0.3 is 14.8 Å². The monoisotopic (exact) mass is 278 g/mol. The minimum atomic E-state index is 0.272. The van der Waals surface area contributed by atoms with Gasteiger partial charge in [-0.1, -0.05) is 13.0 Å². The maximum absolute atomic E-state index is 5.97. The molecule has 112 valence electrons. The van der Waals surface area contributed by atoms with Gasteiger partial charge in [-0.3, -0.25) is 0 Å². The van der Waals surface area contributed by atoms with Crippen molar-refractivity contribution in [2.24, 2.45) is 5.92 Å². The molecule has 0 radical (unpaired) electrons. The quantitative estimate of drug-likeness (QED) is 0.833. The number of ether oxygens (including phenoxy) is 2. The van der Waals surface area contributed by atoms with Gasteiger partial charge in [-0.2, -0.15) is 0 Å². The van der Waals surface area contributed by atoms with E-state index in [1.165, 1.54) is 0 Å². The molecule has 1 aromatic rings. The van der Waals surface area contributed by atoms with E-state index in [0.29, 0.717) is 5.92 Å². The van der Waals surface area contributed by atoms with Crippen molar-refractivity contribution in [1.82, 2.24) is 10.3 Å². The first kappa shape index (κ1) is 15.3. The van der Waals surface area contributed by atoms with E-state index >= 15 is 0 Å². The van der Waals surface area contributed by atoms with Crippen LogP contribution in [0.5, 0.6) is 5.88 Å². The molecule has 0 saturated carbocycles. The average molecular weight is 278 g/mol. The van der Waals surface area contributed by atoms with Gasteiger partial charge in [0.2, 0.25) is 5.88 Å². The fourth-order valence-electron chi connectivity index (χ4n) is 2.43. The molecule has 0 spiro atoms. The Morgan fingerprint density at radius 2 is 2.25 bits per heavy atom. The van der Waals surface area contributed by atoms with Crippen molar-refractivity contribution in [2.45, 2.75) is 39.2 Å². The number of nitrogens with zero attached hydrogens (tertiary/aromatic N) is 1. The molecule has 1 fully saturated rings. The fourth-order valence-corrected chi connectivity index (χ4v) is 2.43. The van der Waals surface area contributed by atoms with Crippen molar-refractivity contribution in [3.05, 3.63) is 23.9 Å². The molecule has 1 aromatic heterocycles. The second-order valence-corrected chi connectivity index (χ2v) is 5.44. The van der Waals surface area contributed by atoms with Gasteiger partial charge in [0.15, 0.2) is 0 Å². The van der Waals surface area contributed by atoms with Crippen LogP contribution in [0.1, 0.15) is 44.7 Å². The lowest BCUT2D eigenvalue weighted by Gasteiger charge is -2.23. The van der Waals surface area contributed by atoms with E-state index in [1.54, 1.807) is 6.20 Å². The Kier molecular flexibility index (Phi) is 6.27. The molecule has 4 heteroatoms.